The molecule has 120 valence electrons. The highest BCUT2D eigenvalue weighted by atomic mass is 19.1. The van der Waals surface area contributed by atoms with Crippen molar-refractivity contribution < 1.29 is 18.4 Å². The van der Waals surface area contributed by atoms with Crippen LogP contribution in [0.15, 0.2) is 41.2 Å². The average Bonchev–Trinajstić information content (AvgIpc) is 3.11. The lowest BCUT2D eigenvalue weighted by atomic mass is 10.1. The molecule has 0 unspecified atom stereocenters. The van der Waals surface area contributed by atoms with Crippen molar-refractivity contribution >= 4 is 11.8 Å². The minimum Gasteiger partial charge on any atom is -0.472 e. The monoisotopic (exact) mass is 316 g/mol. The van der Waals surface area contributed by atoms with Gasteiger partial charge < -0.3 is 14.2 Å². The first-order valence-corrected chi connectivity index (χ1v) is 7.43. The van der Waals surface area contributed by atoms with Gasteiger partial charge in [-0.25, -0.2) is 4.39 Å². The Morgan fingerprint density at radius 2 is 1.61 bits per heavy atom. The first-order valence-electron chi connectivity index (χ1n) is 7.43. The van der Waals surface area contributed by atoms with E-state index in [1.807, 2.05) is 0 Å². The van der Waals surface area contributed by atoms with Gasteiger partial charge in [-0.15, -0.1) is 0 Å². The van der Waals surface area contributed by atoms with Gasteiger partial charge >= 0.3 is 0 Å². The zero-order chi connectivity index (χ0) is 16.4. The van der Waals surface area contributed by atoms with Gasteiger partial charge in [-0.05, 0) is 30.7 Å². The van der Waals surface area contributed by atoms with Gasteiger partial charge in [0.2, 0.25) is 0 Å². The molecule has 0 aliphatic carbocycles. The maximum atomic E-state index is 13.6. The molecule has 1 aliphatic rings. The summed E-state index contributed by atoms with van der Waals surface area (Å²) < 4.78 is 18.5. The first-order chi connectivity index (χ1) is 11.1. The van der Waals surface area contributed by atoms with Gasteiger partial charge in [0.1, 0.15) is 12.1 Å². The Bertz CT molecular complexity index is 719. The summed E-state index contributed by atoms with van der Waals surface area (Å²) in [5.41, 5.74) is 1.35. The number of hydrogen-bond donors (Lipinski definition) is 0. The fraction of sp³-hybridized carbons (Fsp3) is 0.294. The highest BCUT2D eigenvalue weighted by Crippen LogP contribution is 2.14. The molecule has 23 heavy (non-hydrogen) atoms. The van der Waals surface area contributed by atoms with Crippen molar-refractivity contribution in [1.29, 1.82) is 0 Å². The third-order valence-corrected chi connectivity index (χ3v) is 4.04. The zero-order valence-electron chi connectivity index (χ0n) is 12.8. The molecule has 0 saturated carbocycles. The molecule has 1 saturated heterocycles. The van der Waals surface area contributed by atoms with E-state index in [0.29, 0.717) is 42.9 Å². The van der Waals surface area contributed by atoms with E-state index in [0.717, 1.165) is 0 Å². The van der Waals surface area contributed by atoms with Gasteiger partial charge in [-0.3, -0.25) is 9.59 Å². The van der Waals surface area contributed by atoms with Crippen molar-refractivity contribution in [2.75, 3.05) is 26.2 Å². The highest BCUT2D eigenvalue weighted by molar-refractivity contribution is 5.95. The highest BCUT2D eigenvalue weighted by Gasteiger charge is 2.26. The van der Waals surface area contributed by atoms with Crippen LogP contribution in [0.3, 0.4) is 0 Å². The molecule has 5 nitrogen and oxygen atoms in total. The number of carbonyl (C=O) groups excluding carboxylic acids is 2. The summed E-state index contributed by atoms with van der Waals surface area (Å²) in [6.45, 7) is 3.41. The standard InChI is InChI=1S/C17H17FN2O3/c1-12-2-3-13(10-15(12)18)16(21)19-5-7-20(8-6-19)17(22)14-4-9-23-11-14/h2-4,9-11H,5-8H2,1H3. The number of carbonyl (C=O) groups is 2. The van der Waals surface area contributed by atoms with Crippen LogP contribution < -0.4 is 0 Å². The molecule has 0 radical (unpaired) electrons. The number of benzene rings is 1. The van der Waals surface area contributed by atoms with E-state index in [4.69, 9.17) is 4.42 Å². The first kappa shape index (κ1) is 15.3. The maximum Gasteiger partial charge on any atom is 0.257 e. The minimum atomic E-state index is -0.385. The number of furan rings is 1. The Labute approximate surface area is 133 Å². The van der Waals surface area contributed by atoms with Crippen LogP contribution in [0, 0.1) is 12.7 Å². The smallest absolute Gasteiger partial charge is 0.257 e. The Morgan fingerprint density at radius 3 is 2.13 bits per heavy atom. The summed E-state index contributed by atoms with van der Waals surface area (Å²) in [6, 6.07) is 6.11. The third kappa shape index (κ3) is 3.11. The lowest BCUT2D eigenvalue weighted by Gasteiger charge is -2.34. The fourth-order valence-electron chi connectivity index (χ4n) is 2.59. The van der Waals surface area contributed by atoms with E-state index in [-0.39, 0.29) is 17.6 Å². The van der Waals surface area contributed by atoms with Crippen LogP contribution in [-0.2, 0) is 0 Å². The quantitative estimate of drug-likeness (QED) is 0.854. The van der Waals surface area contributed by atoms with Crippen LogP contribution in [0.2, 0.25) is 0 Å². The molecular weight excluding hydrogens is 299 g/mol. The van der Waals surface area contributed by atoms with E-state index in [2.05, 4.69) is 0 Å². The van der Waals surface area contributed by atoms with Crippen LogP contribution in [0.4, 0.5) is 4.39 Å². The number of halogens is 1. The second kappa shape index (κ2) is 6.24. The van der Waals surface area contributed by atoms with Crippen LogP contribution in [-0.4, -0.2) is 47.8 Å². The average molecular weight is 316 g/mol. The van der Waals surface area contributed by atoms with Gasteiger partial charge in [0.25, 0.3) is 11.8 Å². The number of piperazine rings is 1. The number of rotatable bonds is 2. The number of hydrogen-bond acceptors (Lipinski definition) is 3. The molecule has 0 atom stereocenters. The molecule has 0 bridgehead atoms. The van der Waals surface area contributed by atoms with Gasteiger partial charge in [-0.2, -0.15) is 0 Å². The van der Waals surface area contributed by atoms with E-state index >= 15 is 0 Å². The molecule has 2 aromatic rings. The molecule has 2 amide bonds. The topological polar surface area (TPSA) is 53.8 Å². The van der Waals surface area contributed by atoms with Crippen molar-refractivity contribution in [3.63, 3.8) is 0 Å². The summed E-state index contributed by atoms with van der Waals surface area (Å²) in [5.74, 6) is -0.698. The maximum absolute atomic E-state index is 13.6. The molecule has 1 aromatic carbocycles. The van der Waals surface area contributed by atoms with E-state index < -0.39 is 0 Å². The molecule has 2 heterocycles. The van der Waals surface area contributed by atoms with Crippen molar-refractivity contribution in [3.05, 3.63) is 59.3 Å². The lowest BCUT2D eigenvalue weighted by Crippen LogP contribution is -2.50. The van der Waals surface area contributed by atoms with Gasteiger partial charge in [0, 0.05) is 31.7 Å². The molecule has 1 aliphatic heterocycles. The second-order valence-corrected chi connectivity index (χ2v) is 5.56. The number of nitrogens with zero attached hydrogens (tertiary/aromatic N) is 2. The summed E-state index contributed by atoms with van der Waals surface area (Å²) in [4.78, 5) is 27.9. The van der Waals surface area contributed by atoms with E-state index in [1.165, 1.54) is 18.6 Å². The Balaban J connectivity index is 1.63. The molecule has 3 rings (SSSR count). The van der Waals surface area contributed by atoms with Crippen molar-refractivity contribution in [1.82, 2.24) is 9.80 Å². The summed E-state index contributed by atoms with van der Waals surface area (Å²) >= 11 is 0. The predicted octanol–water partition coefficient (Wildman–Crippen LogP) is 2.33. The molecule has 0 N–H and O–H groups in total. The van der Waals surface area contributed by atoms with Crippen molar-refractivity contribution in [3.8, 4) is 0 Å². The van der Waals surface area contributed by atoms with Crippen LogP contribution in [0.25, 0.3) is 0 Å². The van der Waals surface area contributed by atoms with Gasteiger partial charge in [0.15, 0.2) is 0 Å². The second-order valence-electron chi connectivity index (χ2n) is 5.56. The Kier molecular flexibility index (Phi) is 4.14. The van der Waals surface area contributed by atoms with Crippen molar-refractivity contribution in [2.24, 2.45) is 0 Å². The fourth-order valence-corrected chi connectivity index (χ4v) is 2.59. The lowest BCUT2D eigenvalue weighted by molar-refractivity contribution is 0.0535. The molecule has 0 spiro atoms. The summed E-state index contributed by atoms with van der Waals surface area (Å²) in [7, 11) is 0. The normalized spacial score (nSPS) is 14.9. The number of aryl methyl sites for hydroxylation is 1. The Hall–Kier alpha value is -2.63. The van der Waals surface area contributed by atoms with Crippen LogP contribution in [0.5, 0.6) is 0 Å². The van der Waals surface area contributed by atoms with Crippen LogP contribution >= 0.6 is 0 Å². The van der Waals surface area contributed by atoms with Gasteiger partial charge in [0.05, 0.1) is 11.8 Å². The van der Waals surface area contributed by atoms with Crippen molar-refractivity contribution in [2.45, 2.75) is 6.92 Å². The third-order valence-electron chi connectivity index (χ3n) is 4.04. The van der Waals surface area contributed by atoms with Crippen LogP contribution in [0.1, 0.15) is 26.3 Å². The molecule has 6 heteroatoms. The zero-order valence-corrected chi connectivity index (χ0v) is 12.8. The summed E-state index contributed by atoms with van der Waals surface area (Å²) in [6.07, 6.45) is 2.87. The predicted molar refractivity (Wildman–Crippen MR) is 81.7 cm³/mol. The molecule has 1 aromatic heterocycles. The molecule has 1 fully saturated rings. The summed E-state index contributed by atoms with van der Waals surface area (Å²) in [5, 5.41) is 0. The largest absolute Gasteiger partial charge is 0.472 e. The van der Waals surface area contributed by atoms with E-state index in [1.54, 1.807) is 34.9 Å². The minimum absolute atomic E-state index is 0.104. The number of amides is 2. The Morgan fingerprint density at radius 1 is 1.00 bits per heavy atom. The van der Waals surface area contributed by atoms with Gasteiger partial charge in [-0.1, -0.05) is 6.07 Å². The van der Waals surface area contributed by atoms with E-state index in [9.17, 15) is 14.0 Å². The molecular formula is C17H17FN2O3. The SMILES string of the molecule is Cc1ccc(C(=O)N2CCN(C(=O)c3ccoc3)CC2)cc1F.